The van der Waals surface area contributed by atoms with E-state index in [1.165, 1.54) is 46.2 Å². The summed E-state index contributed by atoms with van der Waals surface area (Å²) in [5.41, 5.74) is 14.0. The molecule has 14 heteroatoms. The van der Waals surface area contributed by atoms with Gasteiger partial charge in [-0.2, -0.15) is 0 Å². The SMILES string of the molecule is CCC.CCC.COc1cc2c(c(OC)c1)[C@@H](C)C=C1N(C2)C(=O)NC12CCN(Cc1cc(C)cc(C)c1)CC2.COc1cc2c(c(OC)c1)[C@@H](C)C=C1N(C2)C(=O)NC12CCN(Cc1cc(C)cc(C)c1)CC2.Cl.Cl. The number of hydrogen-bond donors (Lipinski definition) is 2. The summed E-state index contributed by atoms with van der Waals surface area (Å²) in [6, 6.07) is 21.5. The Morgan fingerprint density at radius 2 is 0.816 bits per heavy atom. The maximum atomic E-state index is 13.2. The first-order valence-corrected chi connectivity index (χ1v) is 27.2. The van der Waals surface area contributed by atoms with Gasteiger partial charge in [-0.05, 0) is 87.8 Å². The number of nitrogens with zero attached hydrogens (tertiary/aromatic N) is 4. The molecule has 2 N–H and O–H groups in total. The van der Waals surface area contributed by atoms with Gasteiger partial charge in [0.05, 0.1) is 52.6 Å². The number of allylic oxidation sites excluding steroid dienone is 2. The van der Waals surface area contributed by atoms with E-state index < -0.39 is 0 Å². The van der Waals surface area contributed by atoms with Gasteiger partial charge >= 0.3 is 12.1 Å². The number of carbonyl (C=O) groups excluding carboxylic acids is 2. The highest BCUT2D eigenvalue weighted by molar-refractivity contribution is 5.86. The third-order valence-electron chi connectivity index (χ3n) is 15.2. The van der Waals surface area contributed by atoms with Crippen LogP contribution in [0.3, 0.4) is 0 Å². The maximum Gasteiger partial charge on any atom is 0.322 e. The number of ether oxygens (including phenoxy) is 4. The van der Waals surface area contributed by atoms with Gasteiger partial charge in [0.1, 0.15) is 23.0 Å². The van der Waals surface area contributed by atoms with E-state index in [4.69, 9.17) is 18.9 Å². The summed E-state index contributed by atoms with van der Waals surface area (Å²) in [5, 5.41) is 6.76. The van der Waals surface area contributed by atoms with Gasteiger partial charge in [0.2, 0.25) is 0 Å². The van der Waals surface area contributed by atoms with Crippen molar-refractivity contribution in [2.45, 2.75) is 157 Å². The van der Waals surface area contributed by atoms with Gasteiger partial charge in [-0.1, -0.05) is 125 Å². The molecule has 0 saturated carbocycles. The van der Waals surface area contributed by atoms with Crippen molar-refractivity contribution in [2.75, 3.05) is 54.6 Å². The molecule has 4 saturated heterocycles. The van der Waals surface area contributed by atoms with Gasteiger partial charge in [-0.25, -0.2) is 9.59 Å². The molecule has 6 aliphatic rings. The summed E-state index contributed by atoms with van der Waals surface area (Å²) < 4.78 is 22.4. The molecule has 2 spiro atoms. The van der Waals surface area contributed by atoms with Gasteiger partial charge in [0.15, 0.2) is 0 Å². The number of likely N-dealkylation sites (tertiary alicyclic amines) is 2. The summed E-state index contributed by atoms with van der Waals surface area (Å²) in [7, 11) is 6.71. The Hall–Kier alpha value is -5.40. The van der Waals surface area contributed by atoms with Crippen molar-refractivity contribution in [2.24, 2.45) is 0 Å². The molecule has 6 aliphatic heterocycles. The van der Waals surface area contributed by atoms with Gasteiger partial charge in [-0.15, -0.1) is 24.8 Å². The molecule has 0 bridgehead atoms. The molecule has 4 aromatic rings. The van der Waals surface area contributed by atoms with E-state index in [2.05, 4.69) is 138 Å². The Kier molecular flexibility index (Phi) is 21.7. The molecule has 0 aromatic heterocycles. The van der Waals surface area contributed by atoms with Gasteiger partial charge in [0, 0.05) is 85.8 Å². The van der Waals surface area contributed by atoms with Crippen LogP contribution in [0.1, 0.15) is 148 Å². The van der Waals surface area contributed by atoms with Crippen molar-refractivity contribution in [3.05, 3.63) is 140 Å². The Morgan fingerprint density at radius 3 is 1.11 bits per heavy atom. The zero-order valence-electron chi connectivity index (χ0n) is 48.0. The topological polar surface area (TPSA) is 108 Å². The predicted molar refractivity (Wildman–Crippen MR) is 313 cm³/mol. The van der Waals surface area contributed by atoms with Crippen molar-refractivity contribution in [1.29, 1.82) is 0 Å². The first-order chi connectivity index (χ1) is 35.5. The fourth-order valence-electron chi connectivity index (χ4n) is 12.2. The van der Waals surface area contributed by atoms with Crippen LogP contribution in [0, 0.1) is 27.7 Å². The van der Waals surface area contributed by atoms with Crippen molar-refractivity contribution >= 4 is 36.9 Å². The molecular formula is C62H88Cl2N6O6. The standard InChI is InChI=1S/2C28H35N3O3.2C3H8.2ClH/c2*1-18-10-19(2)12-21(11-18)16-30-8-6-28(7-9-30)25-13-20(3)26-22(17-31(25)27(32)29-28)14-23(33-4)15-24(26)34-5;2*1-3-2;;/h2*10-15,20H,6-9,16-17H2,1-5H3,(H,29,32);2*3H2,1-2H3;2*1H/t2*20-;;;;/m00..../s1. The molecular weight excluding hydrogens is 996 g/mol. The normalized spacial score (nSPS) is 19.7. The number of methoxy groups -OCH3 is 4. The smallest absolute Gasteiger partial charge is 0.322 e. The summed E-state index contributed by atoms with van der Waals surface area (Å²) in [5.74, 6) is 3.40. The van der Waals surface area contributed by atoms with Crippen LogP contribution in [-0.4, -0.2) is 97.4 Å². The molecule has 76 heavy (non-hydrogen) atoms. The van der Waals surface area contributed by atoms with Crippen LogP contribution >= 0.6 is 24.8 Å². The predicted octanol–water partition coefficient (Wildman–Crippen LogP) is 13.4. The summed E-state index contributed by atoms with van der Waals surface area (Å²) in [6.45, 7) is 28.3. The maximum absolute atomic E-state index is 13.2. The molecule has 4 aromatic carbocycles. The molecule has 4 fully saturated rings. The quantitative estimate of drug-likeness (QED) is 0.180. The minimum Gasteiger partial charge on any atom is -0.497 e. The molecule has 2 atom stereocenters. The van der Waals surface area contributed by atoms with Gasteiger partial charge in [0.25, 0.3) is 0 Å². The number of urea groups is 2. The highest BCUT2D eigenvalue weighted by Gasteiger charge is 2.51. The molecule has 0 unspecified atom stereocenters. The zero-order chi connectivity index (χ0) is 53.5. The number of amides is 4. The number of halogens is 2. The first kappa shape index (κ1) is 61.5. The lowest BCUT2D eigenvalue weighted by molar-refractivity contribution is 0.160. The van der Waals surface area contributed by atoms with Crippen LogP contribution in [0.5, 0.6) is 23.0 Å². The number of piperidine rings is 2. The van der Waals surface area contributed by atoms with Gasteiger partial charge < -0.3 is 29.6 Å². The van der Waals surface area contributed by atoms with Crippen LogP contribution in [0.15, 0.2) is 84.2 Å². The summed E-state index contributed by atoms with van der Waals surface area (Å²) in [6.07, 6.45) is 10.7. The lowest BCUT2D eigenvalue weighted by Crippen LogP contribution is -2.51. The number of fused-ring (bicyclic) bond motifs is 6. The molecule has 4 amide bonds. The molecule has 12 nitrogen and oxygen atoms in total. The van der Waals surface area contributed by atoms with E-state index in [9.17, 15) is 9.59 Å². The van der Waals surface area contributed by atoms with Crippen LogP contribution in [0.2, 0.25) is 0 Å². The van der Waals surface area contributed by atoms with Crippen molar-refractivity contribution in [3.63, 3.8) is 0 Å². The molecule has 0 aliphatic carbocycles. The van der Waals surface area contributed by atoms with Crippen molar-refractivity contribution in [3.8, 4) is 23.0 Å². The first-order valence-electron chi connectivity index (χ1n) is 27.2. The van der Waals surface area contributed by atoms with Crippen molar-refractivity contribution in [1.82, 2.24) is 30.2 Å². The Labute approximate surface area is 467 Å². The zero-order valence-corrected chi connectivity index (χ0v) is 49.7. The molecule has 10 rings (SSSR count). The second kappa shape index (κ2) is 26.8. The lowest BCUT2D eigenvalue weighted by Gasteiger charge is -2.40. The number of carbonyl (C=O) groups is 2. The summed E-state index contributed by atoms with van der Waals surface area (Å²) >= 11 is 0. The minimum absolute atomic E-state index is 0. The van der Waals surface area contributed by atoms with Crippen LogP contribution in [-0.2, 0) is 26.2 Å². The second-order valence-corrected chi connectivity index (χ2v) is 21.6. The number of hydrogen-bond acceptors (Lipinski definition) is 8. The Balaban J connectivity index is 0.000000249. The van der Waals surface area contributed by atoms with E-state index in [0.717, 1.165) is 122 Å². The third-order valence-corrected chi connectivity index (χ3v) is 15.2. The average Bonchev–Trinajstić information content (AvgIpc) is 3.57. The minimum atomic E-state index is -0.302. The highest BCUT2D eigenvalue weighted by Crippen LogP contribution is 2.47. The summed E-state index contributed by atoms with van der Waals surface area (Å²) in [4.78, 5) is 35.3. The lowest BCUT2D eigenvalue weighted by atomic mass is 9.83. The molecule has 6 heterocycles. The van der Waals surface area contributed by atoms with E-state index in [0.29, 0.717) is 13.1 Å². The fourth-order valence-corrected chi connectivity index (χ4v) is 12.2. The number of nitrogens with one attached hydrogen (secondary N) is 2. The van der Waals surface area contributed by atoms with Crippen molar-refractivity contribution < 1.29 is 28.5 Å². The second-order valence-electron chi connectivity index (χ2n) is 21.6. The molecule has 416 valence electrons. The Bertz CT molecular complexity index is 2480. The fraction of sp³-hybridized carbons (Fsp3) is 0.516. The number of benzene rings is 4. The van der Waals surface area contributed by atoms with E-state index in [-0.39, 0.29) is 59.8 Å². The number of rotatable bonds is 8. The highest BCUT2D eigenvalue weighted by atomic mass is 35.5. The van der Waals surface area contributed by atoms with E-state index in [1.807, 2.05) is 34.1 Å². The average molecular weight is 1080 g/mol. The monoisotopic (exact) mass is 1080 g/mol. The number of aryl methyl sites for hydroxylation is 4. The van der Waals surface area contributed by atoms with Gasteiger partial charge in [-0.3, -0.25) is 19.6 Å². The third kappa shape index (κ3) is 13.5. The van der Waals surface area contributed by atoms with Crippen LogP contribution in [0.4, 0.5) is 9.59 Å². The van der Waals surface area contributed by atoms with E-state index in [1.54, 1.807) is 28.4 Å². The Morgan fingerprint density at radius 1 is 0.500 bits per heavy atom. The van der Waals surface area contributed by atoms with Crippen LogP contribution in [0.25, 0.3) is 0 Å². The van der Waals surface area contributed by atoms with Crippen LogP contribution < -0.4 is 29.6 Å². The van der Waals surface area contributed by atoms with E-state index >= 15 is 0 Å². The molecule has 0 radical (unpaired) electrons. The largest absolute Gasteiger partial charge is 0.497 e.